The van der Waals surface area contributed by atoms with Crippen molar-refractivity contribution in [3.8, 4) is 16.8 Å². The Morgan fingerprint density at radius 3 is 2.44 bits per heavy atom. The highest BCUT2D eigenvalue weighted by Gasteiger charge is 2.15. The highest BCUT2D eigenvalue weighted by atomic mass is 16.1. The third-order valence-corrected chi connectivity index (χ3v) is 4.10. The first-order valence-electron chi connectivity index (χ1n) is 7.69. The second-order valence-corrected chi connectivity index (χ2v) is 5.62. The van der Waals surface area contributed by atoms with E-state index in [9.17, 15) is 9.59 Å². The van der Waals surface area contributed by atoms with E-state index in [1.165, 1.54) is 6.33 Å². The Morgan fingerprint density at radius 2 is 1.76 bits per heavy atom. The third-order valence-electron chi connectivity index (χ3n) is 4.10. The number of H-pyrrole nitrogens is 1. The first-order chi connectivity index (χ1) is 12.1. The van der Waals surface area contributed by atoms with Crippen LogP contribution >= 0.6 is 0 Å². The van der Waals surface area contributed by atoms with E-state index in [0.29, 0.717) is 16.6 Å². The van der Waals surface area contributed by atoms with Crippen molar-refractivity contribution in [2.75, 3.05) is 0 Å². The molecule has 122 valence electrons. The summed E-state index contributed by atoms with van der Waals surface area (Å²) in [5.41, 5.74) is 9.10. The fourth-order valence-corrected chi connectivity index (χ4v) is 2.89. The maximum absolute atomic E-state index is 12.4. The molecule has 4 aromatic rings. The van der Waals surface area contributed by atoms with E-state index in [1.54, 1.807) is 24.3 Å². The fourth-order valence-electron chi connectivity index (χ4n) is 2.89. The number of rotatable bonds is 3. The summed E-state index contributed by atoms with van der Waals surface area (Å²) in [6, 6.07) is 16.5. The highest BCUT2D eigenvalue weighted by molar-refractivity contribution is 5.96. The quantitative estimate of drug-likeness (QED) is 0.604. The van der Waals surface area contributed by atoms with Crippen LogP contribution in [-0.2, 0) is 0 Å². The third kappa shape index (κ3) is 2.49. The molecule has 3 N–H and O–H groups in total. The highest BCUT2D eigenvalue weighted by Crippen LogP contribution is 2.29. The first kappa shape index (κ1) is 14.9. The Morgan fingerprint density at radius 1 is 1.04 bits per heavy atom. The minimum atomic E-state index is -0.479. The number of fused-ring (bicyclic) bond motifs is 1. The largest absolute Gasteiger partial charge is 0.366 e. The molecule has 0 saturated heterocycles. The van der Waals surface area contributed by atoms with Gasteiger partial charge in [-0.1, -0.05) is 30.3 Å². The summed E-state index contributed by atoms with van der Waals surface area (Å²) in [4.78, 5) is 30.6. The average Bonchev–Trinajstić information content (AvgIpc) is 3.03. The monoisotopic (exact) mass is 330 g/mol. The first-order valence-corrected chi connectivity index (χ1v) is 7.69. The Balaban J connectivity index is 1.98. The number of nitrogens with two attached hydrogens (primary N) is 1. The van der Waals surface area contributed by atoms with Gasteiger partial charge in [-0.15, -0.1) is 0 Å². The molecule has 6 heteroatoms. The van der Waals surface area contributed by atoms with Gasteiger partial charge < -0.3 is 15.3 Å². The summed E-state index contributed by atoms with van der Waals surface area (Å²) in [6.07, 6.45) is 3.27. The number of aromatic amines is 1. The fraction of sp³-hybridized carbons (Fsp3) is 0. The molecule has 0 bridgehead atoms. The van der Waals surface area contributed by atoms with Crippen LogP contribution in [0.2, 0.25) is 0 Å². The summed E-state index contributed by atoms with van der Waals surface area (Å²) < 4.78 is 1.82. The molecule has 2 aromatic carbocycles. The lowest BCUT2D eigenvalue weighted by atomic mass is 10.1. The number of amides is 1. The lowest BCUT2D eigenvalue weighted by molar-refractivity contribution is 0.100. The van der Waals surface area contributed by atoms with Gasteiger partial charge in [-0.3, -0.25) is 9.59 Å². The summed E-state index contributed by atoms with van der Waals surface area (Å²) in [5, 5.41) is 0. The zero-order chi connectivity index (χ0) is 17.4. The maximum atomic E-state index is 12.4. The minimum absolute atomic E-state index is 0.214. The second-order valence-electron chi connectivity index (χ2n) is 5.62. The van der Waals surface area contributed by atoms with Gasteiger partial charge in [0.05, 0.1) is 6.33 Å². The molecule has 0 atom stereocenters. The molecule has 0 aliphatic carbocycles. The molecule has 0 saturated carbocycles. The van der Waals surface area contributed by atoms with E-state index >= 15 is 0 Å². The van der Waals surface area contributed by atoms with Gasteiger partial charge in [0.1, 0.15) is 11.0 Å². The van der Waals surface area contributed by atoms with Crippen molar-refractivity contribution < 1.29 is 4.79 Å². The molecule has 0 aliphatic rings. The number of aromatic nitrogens is 3. The van der Waals surface area contributed by atoms with Crippen molar-refractivity contribution in [3.05, 3.63) is 83.0 Å². The van der Waals surface area contributed by atoms with Crippen molar-refractivity contribution in [2.45, 2.75) is 0 Å². The van der Waals surface area contributed by atoms with Crippen LogP contribution in [0.4, 0.5) is 0 Å². The Hall–Kier alpha value is -3.67. The standard InChI is InChI=1S/C19H14N4O2/c20-18(24)13-8-6-12(7-9-13)15-10-23(14-4-2-1-3-5-14)17-16(15)21-11-22-19(17)25/h1-11H,(H2,20,24)(H,21,22,25). The molecule has 25 heavy (non-hydrogen) atoms. The van der Waals surface area contributed by atoms with Crippen molar-refractivity contribution >= 4 is 16.9 Å². The van der Waals surface area contributed by atoms with Gasteiger partial charge in [0.2, 0.25) is 5.91 Å². The van der Waals surface area contributed by atoms with Crippen LogP contribution < -0.4 is 11.3 Å². The summed E-state index contributed by atoms with van der Waals surface area (Å²) >= 11 is 0. The van der Waals surface area contributed by atoms with Crippen LogP contribution in [0.3, 0.4) is 0 Å². The molecule has 0 radical (unpaired) electrons. The van der Waals surface area contributed by atoms with Gasteiger partial charge in [0.15, 0.2) is 0 Å². The van der Waals surface area contributed by atoms with Crippen LogP contribution in [0.5, 0.6) is 0 Å². The number of carbonyl (C=O) groups excluding carboxylic acids is 1. The Bertz CT molecular complexity index is 1130. The number of primary amides is 1. The molecule has 0 fully saturated rings. The van der Waals surface area contributed by atoms with Gasteiger partial charge in [-0.25, -0.2) is 4.98 Å². The molecule has 1 amide bonds. The molecule has 0 spiro atoms. The van der Waals surface area contributed by atoms with Crippen molar-refractivity contribution in [3.63, 3.8) is 0 Å². The van der Waals surface area contributed by atoms with Gasteiger partial charge in [0, 0.05) is 23.0 Å². The summed E-state index contributed by atoms with van der Waals surface area (Å²) in [5.74, 6) is -0.479. The predicted octanol–water partition coefficient (Wildman–Crippen LogP) is 2.48. The molecule has 0 aliphatic heterocycles. The zero-order valence-electron chi connectivity index (χ0n) is 13.1. The van der Waals surface area contributed by atoms with E-state index in [2.05, 4.69) is 9.97 Å². The lowest BCUT2D eigenvalue weighted by Gasteiger charge is -2.03. The number of hydrogen-bond acceptors (Lipinski definition) is 3. The Labute approximate surface area is 142 Å². The Kier molecular flexibility index (Phi) is 3.43. The summed E-state index contributed by atoms with van der Waals surface area (Å²) in [6.45, 7) is 0. The van der Waals surface area contributed by atoms with E-state index in [4.69, 9.17) is 5.73 Å². The molecular formula is C19H14N4O2. The number of nitrogens with zero attached hydrogens (tertiary/aromatic N) is 2. The number of nitrogens with one attached hydrogen (secondary N) is 1. The molecule has 2 heterocycles. The van der Waals surface area contributed by atoms with Gasteiger partial charge >= 0.3 is 0 Å². The van der Waals surface area contributed by atoms with E-state index < -0.39 is 5.91 Å². The topological polar surface area (TPSA) is 93.8 Å². The van der Waals surface area contributed by atoms with Crippen molar-refractivity contribution in [2.24, 2.45) is 5.73 Å². The van der Waals surface area contributed by atoms with Crippen LogP contribution in [0.15, 0.2) is 71.9 Å². The van der Waals surface area contributed by atoms with Gasteiger partial charge in [0.25, 0.3) is 5.56 Å². The average molecular weight is 330 g/mol. The normalized spacial score (nSPS) is 10.9. The van der Waals surface area contributed by atoms with Gasteiger partial charge in [-0.2, -0.15) is 0 Å². The summed E-state index contributed by atoms with van der Waals surface area (Å²) in [7, 11) is 0. The number of para-hydroxylation sites is 1. The van der Waals surface area contributed by atoms with Crippen LogP contribution in [0.25, 0.3) is 27.8 Å². The van der Waals surface area contributed by atoms with Crippen LogP contribution in [0.1, 0.15) is 10.4 Å². The van der Waals surface area contributed by atoms with Gasteiger partial charge in [-0.05, 0) is 29.8 Å². The second kappa shape index (κ2) is 5.76. The molecular weight excluding hydrogens is 316 g/mol. The van der Waals surface area contributed by atoms with Crippen molar-refractivity contribution in [1.82, 2.24) is 14.5 Å². The van der Waals surface area contributed by atoms with E-state index in [-0.39, 0.29) is 5.56 Å². The zero-order valence-corrected chi connectivity index (χ0v) is 13.1. The number of benzene rings is 2. The smallest absolute Gasteiger partial charge is 0.275 e. The molecule has 2 aromatic heterocycles. The minimum Gasteiger partial charge on any atom is -0.366 e. The SMILES string of the molecule is NC(=O)c1ccc(-c2cn(-c3ccccc3)c3c(=O)[nH]cnc23)cc1. The molecule has 6 nitrogen and oxygen atoms in total. The van der Waals surface area contributed by atoms with Crippen LogP contribution in [-0.4, -0.2) is 20.4 Å². The van der Waals surface area contributed by atoms with E-state index in [1.807, 2.05) is 41.1 Å². The number of hydrogen-bond donors (Lipinski definition) is 2. The predicted molar refractivity (Wildman–Crippen MR) is 95.6 cm³/mol. The van der Waals surface area contributed by atoms with E-state index in [0.717, 1.165) is 16.8 Å². The lowest BCUT2D eigenvalue weighted by Crippen LogP contribution is -2.10. The molecule has 4 rings (SSSR count). The van der Waals surface area contributed by atoms with Crippen molar-refractivity contribution in [1.29, 1.82) is 0 Å². The number of carbonyl (C=O) groups is 1. The van der Waals surface area contributed by atoms with Crippen LogP contribution in [0, 0.1) is 0 Å². The molecule has 0 unspecified atom stereocenters. The maximum Gasteiger partial charge on any atom is 0.275 e.